The van der Waals surface area contributed by atoms with Gasteiger partial charge in [0.05, 0.1) is 5.57 Å². The quantitative estimate of drug-likeness (QED) is 0.785. The van der Waals surface area contributed by atoms with Crippen LogP contribution in [0.4, 0.5) is 0 Å². The second-order valence-electron chi connectivity index (χ2n) is 7.54. The van der Waals surface area contributed by atoms with Crippen LogP contribution < -0.4 is 0 Å². The van der Waals surface area contributed by atoms with E-state index in [0.717, 1.165) is 24.2 Å². The van der Waals surface area contributed by atoms with Gasteiger partial charge in [-0.2, -0.15) is 0 Å². The molecule has 2 aliphatic rings. The van der Waals surface area contributed by atoms with Crippen molar-refractivity contribution in [1.29, 1.82) is 0 Å². The Hall–Kier alpha value is -2.10. The lowest BCUT2D eigenvalue weighted by Crippen LogP contribution is -2.41. The molecule has 2 heterocycles. The topological polar surface area (TPSA) is 40.6 Å². The van der Waals surface area contributed by atoms with E-state index >= 15 is 0 Å². The van der Waals surface area contributed by atoms with Crippen LogP contribution in [0.5, 0.6) is 0 Å². The fourth-order valence-corrected chi connectivity index (χ4v) is 3.92. The van der Waals surface area contributed by atoms with Gasteiger partial charge in [-0.3, -0.25) is 14.5 Å². The van der Waals surface area contributed by atoms with E-state index in [1.165, 1.54) is 16.9 Å². The lowest BCUT2D eigenvalue weighted by atomic mass is 9.90. The Morgan fingerprint density at radius 3 is 2.17 bits per heavy atom. The normalized spacial score (nSPS) is 25.0. The minimum Gasteiger partial charge on any atom is -0.366 e. The summed E-state index contributed by atoms with van der Waals surface area (Å²) in [5.41, 5.74) is 4.32. The number of aryl methyl sites for hydroxylation is 2. The third-order valence-corrected chi connectivity index (χ3v) is 5.24. The van der Waals surface area contributed by atoms with E-state index in [2.05, 4.69) is 25.7 Å². The molecule has 0 bridgehead atoms. The van der Waals surface area contributed by atoms with E-state index in [0.29, 0.717) is 23.1 Å². The summed E-state index contributed by atoms with van der Waals surface area (Å²) in [4.78, 5) is 28.9. The number of piperidine rings is 1. The third kappa shape index (κ3) is 2.74. The molecule has 24 heavy (non-hydrogen) atoms. The zero-order valence-electron chi connectivity index (χ0n) is 15.2. The smallest absolute Gasteiger partial charge is 0.277 e. The van der Waals surface area contributed by atoms with Crippen molar-refractivity contribution < 1.29 is 9.59 Å². The molecule has 2 atom stereocenters. The highest BCUT2D eigenvalue weighted by Gasteiger charge is 2.41. The van der Waals surface area contributed by atoms with E-state index in [9.17, 15) is 9.59 Å². The highest BCUT2D eigenvalue weighted by atomic mass is 16.2. The first-order valence-corrected chi connectivity index (χ1v) is 8.68. The van der Waals surface area contributed by atoms with E-state index in [-0.39, 0.29) is 11.8 Å². The molecule has 4 nitrogen and oxygen atoms in total. The fourth-order valence-electron chi connectivity index (χ4n) is 3.92. The minimum atomic E-state index is -0.191. The Kier molecular flexibility index (Phi) is 4.24. The summed E-state index contributed by atoms with van der Waals surface area (Å²) in [6.45, 7) is 10.2. The molecule has 1 aromatic carbocycles. The van der Waals surface area contributed by atoms with Crippen LogP contribution in [0.1, 0.15) is 37.0 Å². The minimum absolute atomic E-state index is 0.172. The summed E-state index contributed by atoms with van der Waals surface area (Å²) >= 11 is 0. The monoisotopic (exact) mass is 326 g/mol. The second kappa shape index (κ2) is 6.08. The number of carbonyl (C=O) groups is 2. The first-order valence-electron chi connectivity index (χ1n) is 8.68. The van der Waals surface area contributed by atoms with Gasteiger partial charge in [-0.05, 0) is 48.8 Å². The molecule has 3 rings (SSSR count). The Balaban J connectivity index is 2.12. The number of hydrogen-bond donors (Lipinski definition) is 0. The van der Waals surface area contributed by atoms with Crippen LogP contribution >= 0.6 is 0 Å². The maximum atomic E-state index is 12.8. The molecule has 0 aromatic heterocycles. The number of benzene rings is 1. The van der Waals surface area contributed by atoms with E-state index in [1.807, 2.05) is 25.1 Å². The van der Waals surface area contributed by atoms with Gasteiger partial charge in [-0.25, -0.2) is 0 Å². The number of carbonyl (C=O) groups excluding carboxylic acids is 2. The highest BCUT2D eigenvalue weighted by molar-refractivity contribution is 6.35. The van der Waals surface area contributed by atoms with E-state index in [4.69, 9.17) is 0 Å². The Morgan fingerprint density at radius 2 is 1.58 bits per heavy atom. The standard InChI is InChI=1S/C20H26N2O2/c1-12-8-13(2)11-22(10-12)18-17(19(23)21(5)20(18)24)16-7-6-14(3)15(4)9-16/h6-7,9,12-13H,8,10-11H2,1-5H3. The molecule has 1 saturated heterocycles. The van der Waals surface area contributed by atoms with Gasteiger partial charge >= 0.3 is 0 Å². The van der Waals surface area contributed by atoms with Crippen LogP contribution in [-0.2, 0) is 9.59 Å². The van der Waals surface area contributed by atoms with Crippen molar-refractivity contribution in [3.05, 3.63) is 40.6 Å². The number of rotatable bonds is 2. The number of hydrogen-bond acceptors (Lipinski definition) is 3. The molecular weight excluding hydrogens is 300 g/mol. The van der Waals surface area contributed by atoms with Crippen molar-refractivity contribution in [2.24, 2.45) is 11.8 Å². The average molecular weight is 326 g/mol. The Labute approximate surface area is 144 Å². The van der Waals surface area contributed by atoms with Gasteiger partial charge in [0.25, 0.3) is 11.8 Å². The summed E-state index contributed by atoms with van der Waals surface area (Å²) < 4.78 is 0. The van der Waals surface area contributed by atoms with Crippen LogP contribution in [0.15, 0.2) is 23.9 Å². The van der Waals surface area contributed by atoms with Gasteiger partial charge in [0.2, 0.25) is 0 Å². The molecule has 0 aliphatic carbocycles. The number of likely N-dealkylation sites (tertiary alicyclic amines) is 1. The lowest BCUT2D eigenvalue weighted by Gasteiger charge is -2.37. The summed E-state index contributed by atoms with van der Waals surface area (Å²) in [5, 5.41) is 0. The third-order valence-electron chi connectivity index (χ3n) is 5.24. The zero-order chi connectivity index (χ0) is 17.6. The molecule has 1 aromatic rings. The molecule has 2 amide bonds. The first kappa shape index (κ1) is 16.7. The fraction of sp³-hybridized carbons (Fsp3) is 0.500. The maximum Gasteiger partial charge on any atom is 0.277 e. The van der Waals surface area contributed by atoms with Crippen molar-refractivity contribution in [2.45, 2.75) is 34.1 Å². The molecular formula is C20H26N2O2. The van der Waals surface area contributed by atoms with Crippen LogP contribution in [0.25, 0.3) is 5.57 Å². The van der Waals surface area contributed by atoms with Crippen LogP contribution in [0.3, 0.4) is 0 Å². The largest absolute Gasteiger partial charge is 0.366 e. The molecule has 0 N–H and O–H groups in total. The first-order chi connectivity index (χ1) is 11.3. The van der Waals surface area contributed by atoms with Crippen molar-refractivity contribution in [3.8, 4) is 0 Å². The van der Waals surface area contributed by atoms with Crippen molar-refractivity contribution in [3.63, 3.8) is 0 Å². The van der Waals surface area contributed by atoms with Crippen molar-refractivity contribution in [2.75, 3.05) is 20.1 Å². The Bertz CT molecular complexity index is 725. The van der Waals surface area contributed by atoms with Gasteiger partial charge < -0.3 is 4.90 Å². The van der Waals surface area contributed by atoms with Gasteiger partial charge in [0, 0.05) is 20.1 Å². The summed E-state index contributed by atoms with van der Waals surface area (Å²) in [7, 11) is 1.58. The van der Waals surface area contributed by atoms with Crippen molar-refractivity contribution in [1.82, 2.24) is 9.80 Å². The molecule has 0 saturated carbocycles. The van der Waals surface area contributed by atoms with Gasteiger partial charge in [0.15, 0.2) is 0 Å². The number of amides is 2. The average Bonchev–Trinajstić information content (AvgIpc) is 2.73. The molecule has 0 spiro atoms. The Morgan fingerprint density at radius 1 is 0.958 bits per heavy atom. The molecule has 0 radical (unpaired) electrons. The summed E-state index contributed by atoms with van der Waals surface area (Å²) in [6, 6.07) is 6.00. The molecule has 4 heteroatoms. The van der Waals surface area contributed by atoms with Crippen LogP contribution in [-0.4, -0.2) is 41.8 Å². The van der Waals surface area contributed by atoms with Gasteiger partial charge in [-0.15, -0.1) is 0 Å². The molecule has 2 unspecified atom stereocenters. The lowest BCUT2D eigenvalue weighted by molar-refractivity contribution is -0.136. The van der Waals surface area contributed by atoms with Gasteiger partial charge in [0.1, 0.15) is 5.70 Å². The number of imide groups is 1. The summed E-state index contributed by atoms with van der Waals surface area (Å²) in [6.07, 6.45) is 1.17. The van der Waals surface area contributed by atoms with Gasteiger partial charge in [-0.1, -0.05) is 32.0 Å². The van der Waals surface area contributed by atoms with Crippen LogP contribution in [0.2, 0.25) is 0 Å². The summed E-state index contributed by atoms with van der Waals surface area (Å²) in [5.74, 6) is 0.686. The van der Waals surface area contributed by atoms with Crippen molar-refractivity contribution >= 4 is 17.4 Å². The molecule has 2 aliphatic heterocycles. The highest BCUT2D eigenvalue weighted by Crippen LogP contribution is 2.34. The van der Waals surface area contributed by atoms with E-state index in [1.54, 1.807) is 7.05 Å². The second-order valence-corrected chi connectivity index (χ2v) is 7.54. The predicted molar refractivity (Wildman–Crippen MR) is 95.1 cm³/mol. The maximum absolute atomic E-state index is 12.8. The molecule has 128 valence electrons. The van der Waals surface area contributed by atoms with E-state index < -0.39 is 0 Å². The number of nitrogens with zero attached hydrogens (tertiary/aromatic N) is 2. The van der Waals surface area contributed by atoms with Crippen LogP contribution in [0, 0.1) is 25.7 Å². The zero-order valence-corrected chi connectivity index (χ0v) is 15.2. The SMILES string of the molecule is Cc1ccc(C2=C(N3CC(C)CC(C)C3)C(=O)N(C)C2=O)cc1C. The predicted octanol–water partition coefficient (Wildman–Crippen LogP) is 2.99. The molecule has 1 fully saturated rings. The number of likely N-dealkylation sites (N-methyl/N-ethyl adjacent to an activating group) is 1.